The summed E-state index contributed by atoms with van der Waals surface area (Å²) in [6.07, 6.45) is 1.09. The van der Waals surface area contributed by atoms with E-state index >= 15 is 0 Å². The summed E-state index contributed by atoms with van der Waals surface area (Å²) < 4.78 is 25.7. The number of benzene rings is 1. The molecular formula is C15H27ClN4O3S. The summed E-state index contributed by atoms with van der Waals surface area (Å²) in [6.45, 7) is 0.753. The van der Waals surface area contributed by atoms with Crippen molar-refractivity contribution in [3.63, 3.8) is 0 Å². The van der Waals surface area contributed by atoms with Crippen LogP contribution in [0.4, 0.5) is 11.4 Å². The molecule has 0 saturated heterocycles. The standard InChI is InChI=1S/C15H26N4O3S.ClH/c1-16-10-6-7-15(20)17-13-11-12(23(21,22)19(4)5)8-9-14(13)18(2)3;/h8-9,11,16H,6-7,10H2,1-5H3,(H,17,20);1H. The zero-order valence-electron chi connectivity index (χ0n) is 14.8. The molecule has 0 aliphatic carbocycles. The fraction of sp³-hybridized carbons (Fsp3) is 0.533. The predicted octanol–water partition coefficient (Wildman–Crippen LogP) is 1.36. The fourth-order valence-corrected chi connectivity index (χ4v) is 2.94. The highest BCUT2D eigenvalue weighted by atomic mass is 35.5. The summed E-state index contributed by atoms with van der Waals surface area (Å²) in [6, 6.07) is 4.74. The number of nitrogens with zero attached hydrogens (tertiary/aromatic N) is 2. The molecule has 0 fully saturated rings. The summed E-state index contributed by atoms with van der Waals surface area (Å²) in [4.78, 5) is 14.0. The second-order valence-electron chi connectivity index (χ2n) is 5.62. The Hall–Kier alpha value is -1.35. The Morgan fingerprint density at radius 2 is 1.79 bits per heavy atom. The Morgan fingerprint density at radius 1 is 1.17 bits per heavy atom. The topological polar surface area (TPSA) is 81.8 Å². The van der Waals surface area contributed by atoms with E-state index in [1.807, 2.05) is 26.0 Å². The van der Waals surface area contributed by atoms with Crippen LogP contribution in [0.2, 0.25) is 0 Å². The average molecular weight is 379 g/mol. The van der Waals surface area contributed by atoms with Crippen LogP contribution in [-0.4, -0.2) is 60.4 Å². The van der Waals surface area contributed by atoms with Gasteiger partial charge in [-0.2, -0.15) is 0 Å². The first-order valence-corrected chi connectivity index (χ1v) is 8.82. The maximum absolute atomic E-state index is 12.3. The first-order chi connectivity index (χ1) is 10.7. The Balaban J connectivity index is 0.00000529. The van der Waals surface area contributed by atoms with E-state index < -0.39 is 10.0 Å². The van der Waals surface area contributed by atoms with Gasteiger partial charge in [-0.25, -0.2) is 12.7 Å². The van der Waals surface area contributed by atoms with Gasteiger partial charge >= 0.3 is 0 Å². The minimum atomic E-state index is -3.55. The molecule has 0 aliphatic rings. The van der Waals surface area contributed by atoms with Crippen LogP contribution in [0.3, 0.4) is 0 Å². The number of rotatable bonds is 8. The molecule has 0 unspecified atom stereocenters. The molecule has 1 rings (SSSR count). The van der Waals surface area contributed by atoms with E-state index in [2.05, 4.69) is 10.6 Å². The van der Waals surface area contributed by atoms with E-state index in [0.717, 1.165) is 23.0 Å². The van der Waals surface area contributed by atoms with Gasteiger partial charge in [0.15, 0.2) is 0 Å². The molecule has 2 N–H and O–H groups in total. The maximum atomic E-state index is 12.3. The molecule has 1 aromatic carbocycles. The van der Waals surface area contributed by atoms with E-state index in [1.54, 1.807) is 12.1 Å². The lowest BCUT2D eigenvalue weighted by Gasteiger charge is -2.20. The third kappa shape index (κ3) is 5.94. The van der Waals surface area contributed by atoms with Crippen LogP contribution in [0, 0.1) is 0 Å². The number of carbonyl (C=O) groups is 1. The number of hydrogen-bond donors (Lipinski definition) is 2. The Kier molecular flexibility index (Phi) is 9.27. The van der Waals surface area contributed by atoms with Crippen molar-refractivity contribution in [1.29, 1.82) is 0 Å². The van der Waals surface area contributed by atoms with E-state index in [9.17, 15) is 13.2 Å². The lowest BCUT2D eigenvalue weighted by Crippen LogP contribution is -2.23. The summed E-state index contributed by atoms with van der Waals surface area (Å²) >= 11 is 0. The van der Waals surface area contributed by atoms with Crippen molar-refractivity contribution in [2.75, 3.05) is 52.0 Å². The monoisotopic (exact) mass is 378 g/mol. The van der Waals surface area contributed by atoms with E-state index in [4.69, 9.17) is 0 Å². The minimum absolute atomic E-state index is 0. The van der Waals surface area contributed by atoms with Crippen LogP contribution in [0.15, 0.2) is 23.1 Å². The van der Waals surface area contributed by atoms with Gasteiger partial charge in [0.1, 0.15) is 0 Å². The summed E-state index contributed by atoms with van der Waals surface area (Å²) in [5, 5.41) is 5.80. The second-order valence-corrected chi connectivity index (χ2v) is 7.77. The molecule has 0 atom stereocenters. The lowest BCUT2D eigenvalue weighted by molar-refractivity contribution is -0.116. The Bertz CT molecular complexity index is 648. The fourth-order valence-electron chi connectivity index (χ4n) is 2.01. The molecule has 9 heteroatoms. The second kappa shape index (κ2) is 9.83. The molecule has 0 aliphatic heterocycles. The SMILES string of the molecule is CNCCCC(=O)Nc1cc(S(=O)(=O)N(C)C)ccc1N(C)C.Cl. The third-order valence-corrected chi connectivity index (χ3v) is 5.14. The van der Waals surface area contributed by atoms with Crippen molar-refractivity contribution >= 4 is 39.7 Å². The number of halogens is 1. The molecule has 7 nitrogen and oxygen atoms in total. The molecule has 0 spiro atoms. The van der Waals surface area contributed by atoms with Crippen molar-refractivity contribution in [3.05, 3.63) is 18.2 Å². The third-order valence-electron chi connectivity index (χ3n) is 3.33. The molecule has 0 heterocycles. The van der Waals surface area contributed by atoms with Gasteiger partial charge in [0.05, 0.1) is 16.3 Å². The normalized spacial score (nSPS) is 11.1. The number of nitrogens with one attached hydrogen (secondary N) is 2. The Morgan fingerprint density at radius 3 is 2.29 bits per heavy atom. The van der Waals surface area contributed by atoms with Gasteiger partial charge in [0, 0.05) is 34.6 Å². The largest absolute Gasteiger partial charge is 0.376 e. The first kappa shape index (κ1) is 22.6. The average Bonchev–Trinajstić information content (AvgIpc) is 2.46. The summed E-state index contributed by atoms with van der Waals surface area (Å²) in [5.41, 5.74) is 1.25. The van der Waals surface area contributed by atoms with Crippen LogP contribution in [0.25, 0.3) is 0 Å². The molecule has 1 aromatic rings. The van der Waals surface area contributed by atoms with E-state index in [-0.39, 0.29) is 23.2 Å². The van der Waals surface area contributed by atoms with Crippen molar-refractivity contribution in [1.82, 2.24) is 9.62 Å². The van der Waals surface area contributed by atoms with Gasteiger partial charge in [-0.1, -0.05) is 0 Å². The maximum Gasteiger partial charge on any atom is 0.242 e. The van der Waals surface area contributed by atoms with Crippen molar-refractivity contribution in [2.24, 2.45) is 0 Å². The van der Waals surface area contributed by atoms with Gasteiger partial charge in [0.2, 0.25) is 15.9 Å². The highest BCUT2D eigenvalue weighted by Crippen LogP contribution is 2.28. The van der Waals surface area contributed by atoms with Gasteiger partial charge < -0.3 is 15.5 Å². The van der Waals surface area contributed by atoms with Crippen LogP contribution in [-0.2, 0) is 14.8 Å². The quantitative estimate of drug-likeness (QED) is 0.667. The Labute approximate surface area is 150 Å². The lowest BCUT2D eigenvalue weighted by atomic mass is 10.2. The number of sulfonamides is 1. The zero-order chi connectivity index (χ0) is 17.6. The molecule has 0 aromatic heterocycles. The minimum Gasteiger partial charge on any atom is -0.376 e. The molecular weight excluding hydrogens is 352 g/mol. The van der Waals surface area contributed by atoms with Crippen LogP contribution >= 0.6 is 12.4 Å². The van der Waals surface area contributed by atoms with Crippen LogP contribution < -0.4 is 15.5 Å². The van der Waals surface area contributed by atoms with Crippen molar-refractivity contribution < 1.29 is 13.2 Å². The molecule has 0 radical (unpaired) electrons. The smallest absolute Gasteiger partial charge is 0.242 e. The predicted molar refractivity (Wildman–Crippen MR) is 101 cm³/mol. The van der Waals surface area contributed by atoms with Gasteiger partial charge in [-0.15, -0.1) is 12.4 Å². The van der Waals surface area contributed by atoms with Gasteiger partial charge in [-0.3, -0.25) is 4.79 Å². The molecule has 24 heavy (non-hydrogen) atoms. The highest BCUT2D eigenvalue weighted by Gasteiger charge is 2.20. The van der Waals surface area contributed by atoms with Crippen molar-refractivity contribution in [3.8, 4) is 0 Å². The first-order valence-electron chi connectivity index (χ1n) is 7.38. The highest BCUT2D eigenvalue weighted by molar-refractivity contribution is 7.89. The summed E-state index contributed by atoms with van der Waals surface area (Å²) in [5.74, 6) is -0.136. The van der Waals surface area contributed by atoms with E-state index in [0.29, 0.717) is 12.1 Å². The molecule has 1 amide bonds. The summed E-state index contributed by atoms with van der Waals surface area (Å²) in [7, 11) is 4.92. The number of amides is 1. The van der Waals surface area contributed by atoms with Gasteiger partial charge in [-0.05, 0) is 38.2 Å². The molecule has 0 saturated carbocycles. The number of hydrogen-bond acceptors (Lipinski definition) is 5. The van der Waals surface area contributed by atoms with Crippen molar-refractivity contribution in [2.45, 2.75) is 17.7 Å². The van der Waals surface area contributed by atoms with Crippen LogP contribution in [0.1, 0.15) is 12.8 Å². The molecule has 0 bridgehead atoms. The zero-order valence-corrected chi connectivity index (χ0v) is 16.4. The van der Waals surface area contributed by atoms with E-state index in [1.165, 1.54) is 20.2 Å². The number of anilines is 2. The molecule has 138 valence electrons. The van der Waals surface area contributed by atoms with Crippen LogP contribution in [0.5, 0.6) is 0 Å². The number of carbonyl (C=O) groups excluding carboxylic acids is 1. The van der Waals surface area contributed by atoms with Gasteiger partial charge in [0.25, 0.3) is 0 Å².